The molecule has 42 heavy (non-hydrogen) atoms. The fraction of sp³-hybridized carbons (Fsp3) is 0.0244. The Kier molecular flexibility index (Phi) is 5.75. The van der Waals surface area contributed by atoms with Gasteiger partial charge in [-0.1, -0.05) is 121 Å². The number of nitrogens with zero attached hydrogens (tertiary/aromatic N) is 1. The van der Waals surface area contributed by atoms with E-state index in [9.17, 15) is 0 Å². The second-order valence-corrected chi connectivity index (χ2v) is 11.1. The van der Waals surface area contributed by atoms with Crippen LogP contribution in [0.1, 0.15) is 5.56 Å². The molecule has 0 radical (unpaired) electrons. The topological polar surface area (TPSA) is 4.93 Å². The molecule has 1 aromatic heterocycles. The van der Waals surface area contributed by atoms with Crippen LogP contribution in [0, 0.1) is 6.92 Å². The maximum atomic E-state index is 2.40. The average molecular weight is 536 g/mol. The second kappa shape index (κ2) is 9.90. The van der Waals surface area contributed by atoms with Crippen LogP contribution >= 0.6 is 0 Å². The highest BCUT2D eigenvalue weighted by molar-refractivity contribution is 6.21. The Bertz CT molecular complexity index is 2230. The van der Waals surface area contributed by atoms with Crippen LogP contribution in [-0.4, -0.2) is 4.57 Å². The highest BCUT2D eigenvalue weighted by Crippen LogP contribution is 2.37. The molecular weight excluding hydrogens is 506 g/mol. The number of hydrogen-bond donors (Lipinski definition) is 0. The van der Waals surface area contributed by atoms with Gasteiger partial charge < -0.3 is 4.57 Å². The molecule has 0 aliphatic carbocycles. The third-order valence-electron chi connectivity index (χ3n) is 8.40. The van der Waals surface area contributed by atoms with Crippen molar-refractivity contribution < 1.29 is 0 Å². The molecule has 0 spiro atoms. The molecule has 1 heterocycles. The highest BCUT2D eigenvalue weighted by Gasteiger charge is 2.14. The maximum Gasteiger partial charge on any atom is 0.0547 e. The molecule has 8 rings (SSSR count). The Hall–Kier alpha value is -5.40. The van der Waals surface area contributed by atoms with Crippen LogP contribution in [-0.2, 0) is 0 Å². The van der Waals surface area contributed by atoms with Gasteiger partial charge in [-0.05, 0) is 93.0 Å². The van der Waals surface area contributed by atoms with Crippen LogP contribution in [0.2, 0.25) is 0 Å². The minimum Gasteiger partial charge on any atom is -0.309 e. The van der Waals surface area contributed by atoms with E-state index in [-0.39, 0.29) is 0 Å². The average Bonchev–Trinajstić information content (AvgIpc) is 3.40. The molecule has 0 fully saturated rings. The van der Waals surface area contributed by atoms with Crippen LogP contribution < -0.4 is 0 Å². The molecule has 7 aromatic carbocycles. The monoisotopic (exact) mass is 535 g/mol. The number of hydrogen-bond acceptors (Lipinski definition) is 0. The zero-order chi connectivity index (χ0) is 28.0. The van der Waals surface area contributed by atoms with Crippen molar-refractivity contribution in [2.24, 2.45) is 0 Å². The SMILES string of the molecule is Cc1cc(-c2ccccc2)cc(-c2cccc(-c3ccc(-n4c5ccccc5c5c6ccccc6ccc54)cc3)c2)c1. The molecular formula is C41H29N. The minimum atomic E-state index is 1.17. The number of para-hydroxylation sites is 1. The zero-order valence-corrected chi connectivity index (χ0v) is 23.5. The number of benzene rings is 7. The van der Waals surface area contributed by atoms with E-state index in [1.807, 2.05) is 0 Å². The number of rotatable bonds is 4. The molecule has 1 nitrogen and oxygen atoms in total. The molecule has 0 saturated carbocycles. The van der Waals surface area contributed by atoms with Crippen molar-refractivity contribution in [1.82, 2.24) is 4.57 Å². The Morgan fingerprint density at radius 1 is 0.381 bits per heavy atom. The Balaban J connectivity index is 1.20. The number of aryl methyl sites for hydroxylation is 1. The maximum absolute atomic E-state index is 2.40. The number of aromatic nitrogens is 1. The molecule has 1 heteroatoms. The van der Waals surface area contributed by atoms with E-state index in [4.69, 9.17) is 0 Å². The van der Waals surface area contributed by atoms with Crippen molar-refractivity contribution in [2.45, 2.75) is 6.92 Å². The van der Waals surface area contributed by atoms with E-state index in [2.05, 4.69) is 169 Å². The summed E-state index contributed by atoms with van der Waals surface area (Å²) in [5.74, 6) is 0. The van der Waals surface area contributed by atoms with Crippen molar-refractivity contribution in [3.63, 3.8) is 0 Å². The van der Waals surface area contributed by atoms with Gasteiger partial charge in [0.05, 0.1) is 11.0 Å². The largest absolute Gasteiger partial charge is 0.309 e. The smallest absolute Gasteiger partial charge is 0.0547 e. The third kappa shape index (κ3) is 4.10. The Morgan fingerprint density at radius 2 is 0.976 bits per heavy atom. The van der Waals surface area contributed by atoms with Crippen LogP contribution in [0.4, 0.5) is 0 Å². The first kappa shape index (κ1) is 24.4. The van der Waals surface area contributed by atoms with Crippen molar-refractivity contribution in [3.8, 4) is 39.1 Å². The first-order valence-electron chi connectivity index (χ1n) is 14.5. The van der Waals surface area contributed by atoms with Gasteiger partial charge in [-0.2, -0.15) is 0 Å². The number of fused-ring (bicyclic) bond motifs is 5. The highest BCUT2D eigenvalue weighted by atomic mass is 15.0. The van der Waals surface area contributed by atoms with Gasteiger partial charge in [0.2, 0.25) is 0 Å². The van der Waals surface area contributed by atoms with Gasteiger partial charge in [-0.3, -0.25) is 0 Å². The first-order chi connectivity index (χ1) is 20.7. The van der Waals surface area contributed by atoms with Crippen molar-refractivity contribution >= 4 is 32.6 Å². The van der Waals surface area contributed by atoms with Crippen molar-refractivity contribution in [2.75, 3.05) is 0 Å². The van der Waals surface area contributed by atoms with Gasteiger partial charge >= 0.3 is 0 Å². The summed E-state index contributed by atoms with van der Waals surface area (Å²) >= 11 is 0. The summed E-state index contributed by atoms with van der Waals surface area (Å²) < 4.78 is 2.40. The molecule has 0 bridgehead atoms. The quantitative estimate of drug-likeness (QED) is 0.211. The van der Waals surface area contributed by atoms with Crippen LogP contribution in [0.3, 0.4) is 0 Å². The molecule has 0 aliphatic heterocycles. The molecule has 0 aliphatic rings. The summed E-state index contributed by atoms with van der Waals surface area (Å²) in [7, 11) is 0. The van der Waals surface area contributed by atoms with Gasteiger partial charge in [0.1, 0.15) is 0 Å². The van der Waals surface area contributed by atoms with Gasteiger partial charge in [0, 0.05) is 16.5 Å². The van der Waals surface area contributed by atoms with E-state index in [0.29, 0.717) is 0 Å². The lowest BCUT2D eigenvalue weighted by molar-refractivity contribution is 1.18. The normalized spacial score (nSPS) is 11.5. The van der Waals surface area contributed by atoms with Gasteiger partial charge in [0.15, 0.2) is 0 Å². The second-order valence-electron chi connectivity index (χ2n) is 11.1. The van der Waals surface area contributed by atoms with Crippen LogP contribution in [0.15, 0.2) is 158 Å². The molecule has 0 saturated heterocycles. The lowest BCUT2D eigenvalue weighted by Crippen LogP contribution is -1.93. The van der Waals surface area contributed by atoms with Crippen LogP contribution in [0.5, 0.6) is 0 Å². The van der Waals surface area contributed by atoms with Crippen molar-refractivity contribution in [1.29, 1.82) is 0 Å². The first-order valence-corrected chi connectivity index (χ1v) is 14.5. The summed E-state index contributed by atoms with van der Waals surface area (Å²) in [4.78, 5) is 0. The predicted octanol–water partition coefficient (Wildman–Crippen LogP) is 11.2. The Labute approximate surface area is 245 Å². The van der Waals surface area contributed by atoms with Gasteiger partial charge in [-0.15, -0.1) is 0 Å². The summed E-state index contributed by atoms with van der Waals surface area (Å²) in [5, 5.41) is 5.17. The van der Waals surface area contributed by atoms with Crippen LogP contribution in [0.25, 0.3) is 71.6 Å². The van der Waals surface area contributed by atoms with E-state index in [1.54, 1.807) is 0 Å². The summed E-state index contributed by atoms with van der Waals surface area (Å²) in [6.45, 7) is 2.18. The predicted molar refractivity (Wildman–Crippen MR) is 179 cm³/mol. The van der Waals surface area contributed by atoms with Crippen molar-refractivity contribution in [3.05, 3.63) is 163 Å². The fourth-order valence-electron chi connectivity index (χ4n) is 6.45. The zero-order valence-electron chi connectivity index (χ0n) is 23.5. The molecule has 0 unspecified atom stereocenters. The Morgan fingerprint density at radius 3 is 1.79 bits per heavy atom. The molecule has 0 atom stereocenters. The summed E-state index contributed by atoms with van der Waals surface area (Å²) in [5.41, 5.74) is 12.3. The lowest BCUT2D eigenvalue weighted by atomic mass is 9.94. The van der Waals surface area contributed by atoms with E-state index < -0.39 is 0 Å². The molecule has 0 amide bonds. The minimum absolute atomic E-state index is 1.17. The molecule has 8 aromatic rings. The molecule has 198 valence electrons. The van der Waals surface area contributed by atoms with Gasteiger partial charge in [0.25, 0.3) is 0 Å². The summed E-state index contributed by atoms with van der Waals surface area (Å²) in [6, 6.07) is 57.3. The molecule has 0 N–H and O–H groups in total. The van der Waals surface area contributed by atoms with E-state index in [0.717, 1.165) is 0 Å². The third-order valence-corrected chi connectivity index (χ3v) is 8.40. The van der Waals surface area contributed by atoms with E-state index in [1.165, 1.54) is 77.2 Å². The lowest BCUT2D eigenvalue weighted by Gasteiger charge is -2.12. The van der Waals surface area contributed by atoms with Gasteiger partial charge in [-0.25, -0.2) is 0 Å². The summed E-state index contributed by atoms with van der Waals surface area (Å²) in [6.07, 6.45) is 0. The van der Waals surface area contributed by atoms with E-state index >= 15 is 0 Å². The fourth-order valence-corrected chi connectivity index (χ4v) is 6.45. The standard InChI is InChI=1S/C41H29N/c1-28-24-34(29-10-3-2-4-11-29)27-35(25-28)33-14-9-13-32(26-33)30-18-21-36(22-19-30)42-39-17-8-7-16-38(39)41-37-15-6-5-12-31(37)20-23-40(41)42/h2-27H,1H3.